The van der Waals surface area contributed by atoms with Crippen LogP contribution in [0.25, 0.3) is 0 Å². The summed E-state index contributed by atoms with van der Waals surface area (Å²) in [4.78, 5) is 18.8. The minimum absolute atomic E-state index is 0.0531. The van der Waals surface area contributed by atoms with Crippen molar-refractivity contribution < 1.29 is 4.79 Å². The Morgan fingerprint density at radius 3 is 2.42 bits per heavy atom. The van der Waals surface area contributed by atoms with Crippen molar-refractivity contribution in [1.29, 1.82) is 0 Å². The molecule has 0 amide bonds. The maximum atomic E-state index is 10.9. The molecule has 1 aromatic heterocycles. The van der Waals surface area contributed by atoms with Crippen molar-refractivity contribution in [2.24, 2.45) is 0 Å². The highest BCUT2D eigenvalue weighted by Gasteiger charge is 2.12. The predicted molar refractivity (Wildman–Crippen MR) is 46.1 cm³/mol. The van der Waals surface area contributed by atoms with Gasteiger partial charge in [-0.2, -0.15) is 0 Å². The summed E-state index contributed by atoms with van der Waals surface area (Å²) in [5.41, 5.74) is 0. The summed E-state index contributed by atoms with van der Waals surface area (Å²) in [7, 11) is 0. The molecule has 0 bridgehead atoms. The maximum absolute atomic E-state index is 10.9. The van der Waals surface area contributed by atoms with Crippen LogP contribution in [0.5, 0.6) is 0 Å². The third-order valence-corrected chi connectivity index (χ3v) is 1.83. The van der Waals surface area contributed by atoms with E-state index in [1.807, 2.05) is 0 Å². The monoisotopic (exact) mass is 184 g/mol. The van der Waals surface area contributed by atoms with Crippen molar-refractivity contribution in [3.63, 3.8) is 0 Å². The number of hydrogen-bond acceptors (Lipinski definition) is 3. The van der Waals surface area contributed by atoms with Crippen LogP contribution in [0.15, 0.2) is 12.4 Å². The van der Waals surface area contributed by atoms with Gasteiger partial charge in [0.2, 0.25) is 0 Å². The van der Waals surface area contributed by atoms with Crippen molar-refractivity contribution in [3.05, 3.63) is 23.2 Å². The third kappa shape index (κ3) is 2.01. The first-order valence-electron chi connectivity index (χ1n) is 3.59. The Morgan fingerprint density at radius 1 is 1.50 bits per heavy atom. The summed E-state index contributed by atoms with van der Waals surface area (Å²) in [5.74, 6) is 0.325. The molecule has 0 saturated heterocycles. The molecule has 1 unspecified atom stereocenters. The Labute approximate surface area is 75.8 Å². The second kappa shape index (κ2) is 3.63. The van der Waals surface area contributed by atoms with Crippen molar-refractivity contribution in [2.45, 2.75) is 19.8 Å². The number of carbonyl (C=O) groups excluding carboxylic acids is 1. The van der Waals surface area contributed by atoms with Crippen LogP contribution in [0.2, 0.25) is 5.02 Å². The fourth-order valence-electron chi connectivity index (χ4n) is 0.728. The van der Waals surface area contributed by atoms with E-state index >= 15 is 0 Å². The smallest absolute Gasteiger partial charge is 0.140 e. The second-order valence-corrected chi connectivity index (χ2v) is 3.03. The second-order valence-electron chi connectivity index (χ2n) is 2.59. The van der Waals surface area contributed by atoms with Crippen LogP contribution in [0, 0.1) is 0 Å². The summed E-state index contributed by atoms with van der Waals surface area (Å²) in [5, 5.41) is 0.481. The van der Waals surface area contributed by atoms with E-state index in [-0.39, 0.29) is 11.7 Å². The Bertz CT molecular complexity index is 284. The van der Waals surface area contributed by atoms with Crippen molar-refractivity contribution in [1.82, 2.24) is 9.97 Å². The van der Waals surface area contributed by atoms with E-state index in [2.05, 4.69) is 9.97 Å². The quantitative estimate of drug-likeness (QED) is 0.704. The number of nitrogens with zero attached hydrogens (tertiary/aromatic N) is 2. The normalized spacial score (nSPS) is 12.6. The highest BCUT2D eigenvalue weighted by molar-refractivity contribution is 6.30. The topological polar surface area (TPSA) is 42.9 Å². The number of aromatic nitrogens is 2. The van der Waals surface area contributed by atoms with Crippen molar-refractivity contribution in [2.75, 3.05) is 0 Å². The van der Waals surface area contributed by atoms with Gasteiger partial charge in [0.15, 0.2) is 0 Å². The molecule has 0 aromatic carbocycles. The third-order valence-electron chi connectivity index (χ3n) is 1.64. The van der Waals surface area contributed by atoms with E-state index < -0.39 is 0 Å². The van der Waals surface area contributed by atoms with Crippen molar-refractivity contribution in [3.8, 4) is 0 Å². The molecule has 1 aromatic rings. The van der Waals surface area contributed by atoms with Crippen LogP contribution in [-0.4, -0.2) is 15.8 Å². The molecule has 1 rings (SSSR count). The van der Waals surface area contributed by atoms with Gasteiger partial charge < -0.3 is 0 Å². The molecular weight excluding hydrogens is 176 g/mol. The van der Waals surface area contributed by atoms with Gasteiger partial charge in [-0.15, -0.1) is 0 Å². The average Bonchev–Trinajstić information content (AvgIpc) is 2.04. The zero-order valence-corrected chi connectivity index (χ0v) is 7.67. The van der Waals surface area contributed by atoms with Gasteiger partial charge in [0.25, 0.3) is 0 Å². The van der Waals surface area contributed by atoms with Gasteiger partial charge in [0.1, 0.15) is 11.6 Å². The Hall–Kier alpha value is -0.960. The van der Waals surface area contributed by atoms with Gasteiger partial charge in [0.05, 0.1) is 10.9 Å². The fourth-order valence-corrected chi connectivity index (χ4v) is 0.825. The molecule has 3 nitrogen and oxygen atoms in total. The molecule has 64 valence electrons. The van der Waals surface area contributed by atoms with Gasteiger partial charge in [-0.05, 0) is 13.8 Å². The summed E-state index contributed by atoms with van der Waals surface area (Å²) >= 11 is 5.59. The van der Waals surface area contributed by atoms with E-state index in [1.165, 1.54) is 19.3 Å². The lowest BCUT2D eigenvalue weighted by molar-refractivity contribution is -0.118. The van der Waals surface area contributed by atoms with Crippen LogP contribution >= 0.6 is 11.6 Å². The highest BCUT2D eigenvalue weighted by atomic mass is 35.5. The minimum atomic E-state index is -0.248. The van der Waals surface area contributed by atoms with Gasteiger partial charge in [-0.1, -0.05) is 11.6 Å². The molecular formula is C8H9ClN2O. The lowest BCUT2D eigenvalue weighted by atomic mass is 10.1. The molecule has 0 radical (unpaired) electrons. The zero-order valence-electron chi connectivity index (χ0n) is 6.91. The molecule has 12 heavy (non-hydrogen) atoms. The van der Waals surface area contributed by atoms with Gasteiger partial charge in [-0.25, -0.2) is 9.97 Å². The van der Waals surface area contributed by atoms with Crippen LogP contribution in [0.1, 0.15) is 25.6 Å². The molecule has 4 heteroatoms. The van der Waals surface area contributed by atoms with E-state index in [4.69, 9.17) is 11.6 Å². The van der Waals surface area contributed by atoms with Crippen LogP contribution in [-0.2, 0) is 4.79 Å². The molecule has 0 aliphatic carbocycles. The van der Waals surface area contributed by atoms with E-state index in [0.717, 1.165) is 0 Å². The number of rotatable bonds is 2. The molecule has 1 heterocycles. The Morgan fingerprint density at radius 2 is 2.00 bits per heavy atom. The first-order valence-corrected chi connectivity index (χ1v) is 3.97. The van der Waals surface area contributed by atoms with Gasteiger partial charge >= 0.3 is 0 Å². The van der Waals surface area contributed by atoms with Crippen LogP contribution in [0.3, 0.4) is 0 Å². The van der Waals surface area contributed by atoms with E-state index in [1.54, 1.807) is 6.92 Å². The van der Waals surface area contributed by atoms with Crippen LogP contribution in [0.4, 0.5) is 0 Å². The molecule has 0 spiro atoms. The molecule has 0 fully saturated rings. The molecule has 0 saturated carbocycles. The summed E-state index contributed by atoms with van der Waals surface area (Å²) in [6, 6.07) is 0. The SMILES string of the molecule is CC(=O)C(C)c1ncc(Cl)cn1. The highest BCUT2D eigenvalue weighted by Crippen LogP contribution is 2.12. The van der Waals surface area contributed by atoms with Crippen LogP contribution < -0.4 is 0 Å². The summed E-state index contributed by atoms with van der Waals surface area (Å²) in [6.07, 6.45) is 2.98. The molecule has 1 atom stereocenters. The number of Topliss-reactive ketones (excluding diaryl/α,β-unsaturated/α-hetero) is 1. The number of halogens is 1. The van der Waals surface area contributed by atoms with E-state index in [0.29, 0.717) is 10.8 Å². The molecule has 0 aliphatic heterocycles. The summed E-state index contributed by atoms with van der Waals surface area (Å²) < 4.78 is 0. The number of carbonyl (C=O) groups is 1. The van der Waals surface area contributed by atoms with E-state index in [9.17, 15) is 4.79 Å². The minimum Gasteiger partial charge on any atom is -0.299 e. The number of ketones is 1. The Balaban J connectivity index is 2.89. The lowest BCUT2D eigenvalue weighted by Gasteiger charge is -2.04. The summed E-state index contributed by atoms with van der Waals surface area (Å²) in [6.45, 7) is 3.29. The molecule has 0 N–H and O–H groups in total. The standard InChI is InChI=1S/C8H9ClN2O/c1-5(6(2)12)8-10-3-7(9)4-11-8/h3-5H,1-2H3. The Kier molecular flexibility index (Phi) is 2.76. The number of hydrogen-bond donors (Lipinski definition) is 0. The average molecular weight is 185 g/mol. The fraction of sp³-hybridized carbons (Fsp3) is 0.375. The van der Waals surface area contributed by atoms with Gasteiger partial charge in [0, 0.05) is 12.4 Å². The van der Waals surface area contributed by atoms with Crippen molar-refractivity contribution >= 4 is 17.4 Å². The predicted octanol–water partition coefficient (Wildman–Crippen LogP) is 1.82. The largest absolute Gasteiger partial charge is 0.299 e. The lowest BCUT2D eigenvalue weighted by Crippen LogP contribution is -2.08. The first kappa shape index (κ1) is 9.13. The zero-order chi connectivity index (χ0) is 9.14. The molecule has 0 aliphatic rings. The van der Waals surface area contributed by atoms with Gasteiger partial charge in [-0.3, -0.25) is 4.79 Å². The maximum Gasteiger partial charge on any atom is 0.140 e. The first-order chi connectivity index (χ1) is 5.61.